The molecule has 1 aliphatic rings. The van der Waals surface area contributed by atoms with Crippen LogP contribution in [0.1, 0.15) is 34.1 Å². The Morgan fingerprint density at radius 3 is 2.67 bits per heavy atom. The van der Waals surface area contributed by atoms with Gasteiger partial charge in [-0.15, -0.1) is 0 Å². The molecule has 0 radical (unpaired) electrons. The Labute approximate surface area is 190 Å². The lowest BCUT2D eigenvalue weighted by Crippen LogP contribution is -2.31. The summed E-state index contributed by atoms with van der Waals surface area (Å²) >= 11 is 0. The van der Waals surface area contributed by atoms with E-state index in [0.717, 1.165) is 5.56 Å². The van der Waals surface area contributed by atoms with Crippen LogP contribution in [0.25, 0.3) is 11.3 Å². The van der Waals surface area contributed by atoms with Crippen molar-refractivity contribution in [1.82, 2.24) is 15.1 Å². The van der Waals surface area contributed by atoms with Gasteiger partial charge in [-0.2, -0.15) is 5.10 Å². The van der Waals surface area contributed by atoms with Crippen molar-refractivity contribution in [2.24, 2.45) is 0 Å². The Morgan fingerprint density at radius 1 is 1.15 bits per heavy atom. The highest BCUT2D eigenvalue weighted by atomic mass is 16.6. The third-order valence-corrected chi connectivity index (χ3v) is 5.67. The highest BCUT2D eigenvalue weighted by Crippen LogP contribution is 2.46. The second kappa shape index (κ2) is 9.29. The molecule has 1 aliphatic heterocycles. The van der Waals surface area contributed by atoms with E-state index in [1.165, 1.54) is 12.1 Å². The molecule has 2 aromatic carbocycles. The van der Waals surface area contributed by atoms with Crippen molar-refractivity contribution in [2.75, 3.05) is 34.5 Å². The van der Waals surface area contributed by atoms with E-state index in [1.54, 1.807) is 50.5 Å². The van der Waals surface area contributed by atoms with Gasteiger partial charge < -0.3 is 19.1 Å². The van der Waals surface area contributed by atoms with Crippen LogP contribution in [0.5, 0.6) is 11.5 Å². The number of rotatable bonds is 9. The van der Waals surface area contributed by atoms with Crippen LogP contribution in [-0.4, -0.2) is 60.4 Å². The van der Waals surface area contributed by atoms with Gasteiger partial charge in [-0.25, -0.2) is 0 Å². The Morgan fingerprint density at radius 2 is 1.97 bits per heavy atom. The van der Waals surface area contributed by atoms with Crippen molar-refractivity contribution in [3.8, 4) is 22.8 Å². The average molecular weight is 452 g/mol. The molecule has 1 unspecified atom stereocenters. The van der Waals surface area contributed by atoms with Gasteiger partial charge in [0.05, 0.1) is 30.9 Å². The molecule has 0 fully saturated rings. The number of carbonyl (C=O) groups is 1. The van der Waals surface area contributed by atoms with Crippen molar-refractivity contribution in [2.45, 2.75) is 12.5 Å². The Kier molecular flexibility index (Phi) is 6.27. The summed E-state index contributed by atoms with van der Waals surface area (Å²) in [5.41, 5.74) is 2.69. The Hall–Kier alpha value is -3.92. The normalized spacial score (nSPS) is 14.9. The van der Waals surface area contributed by atoms with E-state index >= 15 is 0 Å². The molecule has 0 bridgehead atoms. The minimum atomic E-state index is -0.526. The number of carbonyl (C=O) groups excluding carboxylic acids is 1. The standard InChI is InChI=1S/C23H24N4O6/c1-31-11-5-10-26-22(17-13-16(32-2)8-9-18(17)33-3)19-20(24-25-21(19)23(26)28)14-6-4-7-15(12-14)27(29)30/h4,6-9,12-13,22H,5,10-11H2,1-3H3,(H,24,25). The molecular weight excluding hydrogens is 428 g/mol. The average Bonchev–Trinajstić information content (AvgIpc) is 3.38. The highest BCUT2D eigenvalue weighted by molar-refractivity contribution is 6.00. The van der Waals surface area contributed by atoms with Gasteiger partial charge >= 0.3 is 0 Å². The lowest BCUT2D eigenvalue weighted by atomic mass is 9.95. The van der Waals surface area contributed by atoms with Gasteiger partial charge in [0, 0.05) is 49.1 Å². The van der Waals surface area contributed by atoms with Crippen molar-refractivity contribution in [3.63, 3.8) is 0 Å². The first-order chi connectivity index (χ1) is 16.0. The number of benzene rings is 2. The van der Waals surface area contributed by atoms with Gasteiger partial charge in [-0.3, -0.25) is 20.0 Å². The van der Waals surface area contributed by atoms with E-state index in [1.807, 2.05) is 6.07 Å². The van der Waals surface area contributed by atoms with Crippen LogP contribution in [0, 0.1) is 10.1 Å². The monoisotopic (exact) mass is 452 g/mol. The molecule has 10 nitrogen and oxygen atoms in total. The van der Waals surface area contributed by atoms with Gasteiger partial charge in [0.1, 0.15) is 17.2 Å². The molecule has 0 aliphatic carbocycles. The first kappa shape index (κ1) is 22.3. The maximum Gasteiger partial charge on any atom is 0.273 e. The first-order valence-electron chi connectivity index (χ1n) is 10.3. The fourth-order valence-electron chi connectivity index (χ4n) is 4.17. The number of amides is 1. The topological polar surface area (TPSA) is 120 Å². The number of aromatic nitrogens is 2. The van der Waals surface area contributed by atoms with Gasteiger partial charge in [-0.05, 0) is 24.6 Å². The van der Waals surface area contributed by atoms with Crippen molar-refractivity contribution < 1.29 is 23.9 Å². The fraction of sp³-hybridized carbons (Fsp3) is 0.304. The summed E-state index contributed by atoms with van der Waals surface area (Å²) in [5.74, 6) is 0.994. The number of H-pyrrole nitrogens is 1. The predicted molar refractivity (Wildman–Crippen MR) is 120 cm³/mol. The van der Waals surface area contributed by atoms with E-state index in [4.69, 9.17) is 14.2 Å². The van der Waals surface area contributed by atoms with E-state index in [2.05, 4.69) is 10.2 Å². The zero-order valence-electron chi connectivity index (χ0n) is 18.5. The zero-order chi connectivity index (χ0) is 23.5. The first-order valence-corrected chi connectivity index (χ1v) is 10.3. The van der Waals surface area contributed by atoms with Crippen LogP contribution in [0.3, 0.4) is 0 Å². The molecule has 10 heteroatoms. The number of nitro benzene ring substituents is 1. The molecular formula is C23H24N4O6. The number of nitrogens with one attached hydrogen (secondary N) is 1. The van der Waals surface area contributed by atoms with Gasteiger partial charge in [-0.1, -0.05) is 12.1 Å². The number of fused-ring (bicyclic) bond motifs is 1. The number of ether oxygens (including phenoxy) is 3. The molecule has 0 spiro atoms. The van der Waals surface area contributed by atoms with E-state index in [9.17, 15) is 14.9 Å². The number of non-ortho nitro benzene ring substituents is 1. The Balaban J connectivity index is 1.89. The molecule has 0 saturated heterocycles. The molecule has 1 N–H and O–H groups in total. The summed E-state index contributed by atoms with van der Waals surface area (Å²) in [6, 6.07) is 11.1. The number of hydrogen-bond donors (Lipinski definition) is 1. The van der Waals surface area contributed by atoms with Gasteiger partial charge in [0.25, 0.3) is 11.6 Å². The predicted octanol–water partition coefficient (Wildman–Crippen LogP) is 3.58. The molecule has 1 aromatic heterocycles. The minimum absolute atomic E-state index is 0.0546. The van der Waals surface area contributed by atoms with E-state index in [0.29, 0.717) is 53.6 Å². The van der Waals surface area contributed by atoms with Crippen LogP contribution < -0.4 is 9.47 Å². The molecule has 3 aromatic rings. The lowest BCUT2D eigenvalue weighted by Gasteiger charge is -2.27. The molecule has 33 heavy (non-hydrogen) atoms. The summed E-state index contributed by atoms with van der Waals surface area (Å²) in [4.78, 5) is 26.0. The maximum atomic E-state index is 13.4. The molecule has 172 valence electrons. The SMILES string of the molecule is COCCCN1C(=O)c2[nH]nc(-c3cccc([N+](=O)[O-])c3)c2C1c1cc(OC)ccc1OC. The smallest absolute Gasteiger partial charge is 0.273 e. The van der Waals surface area contributed by atoms with Crippen molar-refractivity contribution >= 4 is 11.6 Å². The minimum Gasteiger partial charge on any atom is -0.497 e. The zero-order valence-corrected chi connectivity index (χ0v) is 18.5. The highest BCUT2D eigenvalue weighted by Gasteiger charge is 2.43. The van der Waals surface area contributed by atoms with E-state index < -0.39 is 11.0 Å². The number of nitrogens with zero attached hydrogens (tertiary/aromatic N) is 3. The largest absolute Gasteiger partial charge is 0.497 e. The summed E-state index contributed by atoms with van der Waals surface area (Å²) < 4.78 is 16.2. The van der Waals surface area contributed by atoms with Crippen LogP contribution in [-0.2, 0) is 4.74 Å². The van der Waals surface area contributed by atoms with Crippen molar-refractivity contribution in [1.29, 1.82) is 0 Å². The third-order valence-electron chi connectivity index (χ3n) is 5.67. The third kappa shape index (κ3) is 4.00. The second-order valence-electron chi connectivity index (χ2n) is 7.52. The number of aromatic amines is 1. The molecule has 2 heterocycles. The summed E-state index contributed by atoms with van der Waals surface area (Å²) in [5, 5.41) is 18.5. The van der Waals surface area contributed by atoms with Crippen LogP contribution >= 0.6 is 0 Å². The lowest BCUT2D eigenvalue weighted by molar-refractivity contribution is -0.384. The van der Waals surface area contributed by atoms with Crippen LogP contribution in [0.15, 0.2) is 42.5 Å². The van der Waals surface area contributed by atoms with Crippen LogP contribution in [0.4, 0.5) is 5.69 Å². The summed E-state index contributed by atoms with van der Waals surface area (Å²) in [6.45, 7) is 0.935. The maximum absolute atomic E-state index is 13.4. The second-order valence-corrected chi connectivity index (χ2v) is 7.52. The summed E-state index contributed by atoms with van der Waals surface area (Å²) in [6.07, 6.45) is 0.634. The fourth-order valence-corrected chi connectivity index (χ4v) is 4.17. The summed E-state index contributed by atoms with van der Waals surface area (Å²) in [7, 11) is 4.75. The molecule has 1 amide bonds. The number of nitro groups is 1. The van der Waals surface area contributed by atoms with Gasteiger partial charge in [0.2, 0.25) is 0 Å². The Bertz CT molecular complexity index is 1190. The molecule has 4 rings (SSSR count). The molecule has 0 saturated carbocycles. The molecule has 1 atom stereocenters. The van der Waals surface area contributed by atoms with Crippen molar-refractivity contribution in [3.05, 3.63) is 69.4 Å². The van der Waals surface area contributed by atoms with Gasteiger partial charge in [0.15, 0.2) is 0 Å². The quantitative estimate of drug-likeness (QED) is 0.299. The van der Waals surface area contributed by atoms with Crippen LogP contribution in [0.2, 0.25) is 0 Å². The number of methoxy groups -OCH3 is 3. The number of hydrogen-bond acceptors (Lipinski definition) is 7. The van der Waals surface area contributed by atoms with E-state index in [-0.39, 0.29) is 11.6 Å².